The van der Waals surface area contributed by atoms with E-state index >= 15 is 0 Å². The molecular formula is C15H14BNO3. The molecule has 1 heterocycles. The summed E-state index contributed by atoms with van der Waals surface area (Å²) in [7, 11) is -0.451. The fourth-order valence-corrected chi connectivity index (χ4v) is 2.17. The summed E-state index contributed by atoms with van der Waals surface area (Å²) in [4.78, 5) is 12.4. The molecule has 1 amide bonds. The standard InChI is InChI=1S/C15H14BNO3/c18-15(17-12-6-2-1-3-7-12)13-8-4-5-9-14(13)16-19-10-11-20-16/h1-9H,10-11H2,(H,17,18). The number of anilines is 1. The van der Waals surface area contributed by atoms with Crippen LogP contribution in [-0.2, 0) is 9.31 Å². The third-order valence-corrected chi connectivity index (χ3v) is 3.11. The van der Waals surface area contributed by atoms with Gasteiger partial charge in [0.2, 0.25) is 0 Å². The number of rotatable bonds is 3. The Morgan fingerprint density at radius 3 is 2.35 bits per heavy atom. The smallest absolute Gasteiger partial charge is 0.405 e. The first-order valence-electron chi connectivity index (χ1n) is 6.53. The van der Waals surface area contributed by atoms with Crippen molar-refractivity contribution in [1.82, 2.24) is 0 Å². The van der Waals surface area contributed by atoms with E-state index in [0.29, 0.717) is 18.8 Å². The van der Waals surface area contributed by atoms with Crippen LogP contribution in [-0.4, -0.2) is 26.2 Å². The van der Waals surface area contributed by atoms with Crippen molar-refractivity contribution in [2.24, 2.45) is 0 Å². The van der Waals surface area contributed by atoms with E-state index < -0.39 is 7.12 Å². The van der Waals surface area contributed by atoms with E-state index in [1.807, 2.05) is 48.5 Å². The lowest BCUT2D eigenvalue weighted by atomic mass is 9.76. The maximum atomic E-state index is 12.4. The number of hydrogen-bond acceptors (Lipinski definition) is 3. The number of nitrogens with one attached hydrogen (secondary N) is 1. The van der Waals surface area contributed by atoms with Gasteiger partial charge in [0.05, 0.1) is 13.2 Å². The van der Waals surface area contributed by atoms with Crippen LogP contribution in [0, 0.1) is 0 Å². The van der Waals surface area contributed by atoms with Crippen molar-refractivity contribution in [1.29, 1.82) is 0 Å². The van der Waals surface area contributed by atoms with Gasteiger partial charge in [-0.05, 0) is 23.7 Å². The summed E-state index contributed by atoms with van der Waals surface area (Å²) in [6, 6.07) is 16.7. The van der Waals surface area contributed by atoms with Crippen molar-refractivity contribution in [3.8, 4) is 0 Å². The summed E-state index contributed by atoms with van der Waals surface area (Å²) in [5.74, 6) is -0.161. The Balaban J connectivity index is 1.84. The molecule has 0 atom stereocenters. The number of benzene rings is 2. The summed E-state index contributed by atoms with van der Waals surface area (Å²) >= 11 is 0. The first kappa shape index (κ1) is 12.9. The molecule has 0 unspecified atom stereocenters. The lowest BCUT2D eigenvalue weighted by Crippen LogP contribution is -2.37. The van der Waals surface area contributed by atoms with Gasteiger partial charge in [-0.15, -0.1) is 0 Å². The third kappa shape index (κ3) is 2.74. The van der Waals surface area contributed by atoms with Crippen molar-refractivity contribution >= 4 is 24.2 Å². The van der Waals surface area contributed by atoms with Gasteiger partial charge >= 0.3 is 7.12 Å². The molecule has 2 aromatic rings. The molecule has 1 aliphatic heterocycles. The molecule has 0 spiro atoms. The Morgan fingerprint density at radius 2 is 1.60 bits per heavy atom. The Morgan fingerprint density at radius 1 is 0.950 bits per heavy atom. The molecule has 2 aromatic carbocycles. The zero-order valence-corrected chi connectivity index (χ0v) is 10.9. The molecule has 4 nitrogen and oxygen atoms in total. The Labute approximate surface area is 117 Å². The molecule has 1 N–H and O–H groups in total. The van der Waals surface area contributed by atoms with E-state index in [4.69, 9.17) is 9.31 Å². The van der Waals surface area contributed by atoms with Gasteiger partial charge in [0.1, 0.15) is 0 Å². The highest BCUT2D eigenvalue weighted by Gasteiger charge is 2.30. The normalized spacial score (nSPS) is 14.3. The lowest BCUT2D eigenvalue weighted by molar-refractivity contribution is 0.102. The molecule has 100 valence electrons. The highest BCUT2D eigenvalue weighted by atomic mass is 16.6. The largest absolute Gasteiger partial charge is 0.494 e. The lowest BCUT2D eigenvalue weighted by Gasteiger charge is -2.11. The topological polar surface area (TPSA) is 47.6 Å². The molecular weight excluding hydrogens is 253 g/mol. The Hall–Kier alpha value is -2.11. The van der Waals surface area contributed by atoms with Gasteiger partial charge < -0.3 is 14.6 Å². The molecule has 3 rings (SSSR count). The van der Waals surface area contributed by atoms with E-state index in [-0.39, 0.29) is 5.91 Å². The van der Waals surface area contributed by atoms with Crippen molar-refractivity contribution in [2.45, 2.75) is 0 Å². The Kier molecular flexibility index (Phi) is 3.81. The highest BCUT2D eigenvalue weighted by molar-refractivity contribution is 6.63. The third-order valence-electron chi connectivity index (χ3n) is 3.11. The molecule has 0 radical (unpaired) electrons. The summed E-state index contributed by atoms with van der Waals surface area (Å²) < 4.78 is 11.0. The zero-order valence-electron chi connectivity index (χ0n) is 10.9. The van der Waals surface area contributed by atoms with E-state index in [1.54, 1.807) is 6.07 Å². The van der Waals surface area contributed by atoms with Crippen molar-refractivity contribution in [3.05, 3.63) is 60.2 Å². The summed E-state index contributed by atoms with van der Waals surface area (Å²) in [5.41, 5.74) is 2.10. The predicted molar refractivity (Wildman–Crippen MR) is 78.1 cm³/mol. The maximum absolute atomic E-state index is 12.4. The molecule has 0 aromatic heterocycles. The second kappa shape index (κ2) is 5.90. The van der Waals surface area contributed by atoms with Gasteiger partial charge in [-0.25, -0.2) is 0 Å². The molecule has 0 saturated carbocycles. The second-order valence-corrected chi connectivity index (χ2v) is 4.48. The van der Waals surface area contributed by atoms with Crippen LogP contribution in [0.5, 0.6) is 0 Å². The van der Waals surface area contributed by atoms with Crippen LogP contribution < -0.4 is 10.8 Å². The van der Waals surface area contributed by atoms with Crippen LogP contribution in [0.15, 0.2) is 54.6 Å². The molecule has 1 aliphatic rings. The average molecular weight is 267 g/mol. The first-order chi connectivity index (χ1) is 9.84. The number of carbonyl (C=O) groups is 1. The molecule has 5 heteroatoms. The minimum absolute atomic E-state index is 0.161. The fourth-order valence-electron chi connectivity index (χ4n) is 2.17. The minimum atomic E-state index is -0.451. The van der Waals surface area contributed by atoms with E-state index in [9.17, 15) is 4.79 Å². The van der Waals surface area contributed by atoms with E-state index in [0.717, 1.165) is 11.2 Å². The quantitative estimate of drug-likeness (QED) is 0.861. The van der Waals surface area contributed by atoms with E-state index in [1.165, 1.54) is 0 Å². The summed E-state index contributed by atoms with van der Waals surface area (Å²) in [6.07, 6.45) is 0. The first-order valence-corrected chi connectivity index (χ1v) is 6.53. The van der Waals surface area contributed by atoms with Crippen molar-refractivity contribution in [3.63, 3.8) is 0 Å². The van der Waals surface area contributed by atoms with Gasteiger partial charge in [-0.3, -0.25) is 4.79 Å². The van der Waals surface area contributed by atoms with Gasteiger partial charge in [0.15, 0.2) is 0 Å². The zero-order chi connectivity index (χ0) is 13.8. The molecule has 1 saturated heterocycles. The van der Waals surface area contributed by atoms with Crippen LogP contribution >= 0.6 is 0 Å². The van der Waals surface area contributed by atoms with Gasteiger partial charge in [0, 0.05) is 11.3 Å². The Bertz CT molecular complexity index is 597. The van der Waals surface area contributed by atoms with Crippen molar-refractivity contribution < 1.29 is 14.1 Å². The van der Waals surface area contributed by atoms with Crippen LogP contribution in [0.3, 0.4) is 0 Å². The number of carbonyl (C=O) groups excluding carboxylic acids is 1. The van der Waals surface area contributed by atoms with Crippen LogP contribution in [0.4, 0.5) is 5.69 Å². The maximum Gasteiger partial charge on any atom is 0.494 e. The monoisotopic (exact) mass is 267 g/mol. The molecule has 20 heavy (non-hydrogen) atoms. The molecule has 0 bridgehead atoms. The molecule has 1 fully saturated rings. The number of para-hydroxylation sites is 1. The fraction of sp³-hybridized carbons (Fsp3) is 0.133. The second-order valence-electron chi connectivity index (χ2n) is 4.48. The SMILES string of the molecule is O=C(Nc1ccccc1)c1ccccc1B1OCCO1. The van der Waals surface area contributed by atoms with Crippen LogP contribution in [0.25, 0.3) is 0 Å². The molecule has 0 aliphatic carbocycles. The predicted octanol–water partition coefficient (Wildman–Crippen LogP) is 1.68. The van der Waals surface area contributed by atoms with Crippen LogP contribution in [0.2, 0.25) is 0 Å². The highest BCUT2D eigenvalue weighted by Crippen LogP contribution is 2.10. The van der Waals surface area contributed by atoms with Gasteiger partial charge in [0.25, 0.3) is 5.91 Å². The number of amides is 1. The van der Waals surface area contributed by atoms with Gasteiger partial charge in [-0.1, -0.05) is 36.4 Å². The summed E-state index contributed by atoms with van der Waals surface area (Å²) in [5, 5.41) is 2.87. The number of hydrogen-bond donors (Lipinski definition) is 1. The minimum Gasteiger partial charge on any atom is -0.405 e. The average Bonchev–Trinajstić information content (AvgIpc) is 3.02. The van der Waals surface area contributed by atoms with Crippen molar-refractivity contribution in [2.75, 3.05) is 18.5 Å². The van der Waals surface area contributed by atoms with Gasteiger partial charge in [-0.2, -0.15) is 0 Å². The summed E-state index contributed by atoms with van der Waals surface area (Å²) in [6.45, 7) is 1.11. The van der Waals surface area contributed by atoms with Crippen LogP contribution in [0.1, 0.15) is 10.4 Å². The van der Waals surface area contributed by atoms with E-state index in [2.05, 4.69) is 5.32 Å².